The van der Waals surface area contributed by atoms with Gasteiger partial charge in [0.1, 0.15) is 12.0 Å². The van der Waals surface area contributed by atoms with E-state index in [0.717, 1.165) is 0 Å². The van der Waals surface area contributed by atoms with Crippen molar-refractivity contribution in [3.8, 4) is 0 Å². The average Bonchev–Trinajstić information content (AvgIpc) is 2.44. The lowest BCUT2D eigenvalue weighted by Crippen LogP contribution is -2.49. The van der Waals surface area contributed by atoms with E-state index in [4.69, 9.17) is 0 Å². The summed E-state index contributed by atoms with van der Waals surface area (Å²) < 4.78 is 41.7. The predicted octanol–water partition coefficient (Wildman–Crippen LogP) is 4.00. The van der Waals surface area contributed by atoms with Gasteiger partial charge in [0, 0.05) is 28.8 Å². The van der Waals surface area contributed by atoms with Crippen molar-refractivity contribution in [1.82, 2.24) is 9.97 Å². The van der Waals surface area contributed by atoms with Crippen LogP contribution in [-0.4, -0.2) is 22.7 Å². The lowest BCUT2D eigenvalue weighted by Gasteiger charge is -2.44. The van der Waals surface area contributed by atoms with Crippen molar-refractivity contribution in [2.45, 2.75) is 24.4 Å². The third-order valence-corrected chi connectivity index (χ3v) is 4.32. The number of hydrogen-bond acceptors (Lipinski definition) is 3. The number of anilines is 1. The molecule has 1 N–H and O–H groups in total. The van der Waals surface area contributed by atoms with E-state index in [1.165, 1.54) is 30.6 Å². The molecular formula is C15H13BrF3N3. The molecule has 2 heterocycles. The van der Waals surface area contributed by atoms with Crippen molar-refractivity contribution in [2.24, 2.45) is 0 Å². The highest BCUT2D eigenvalue weighted by molar-refractivity contribution is 9.10. The summed E-state index contributed by atoms with van der Waals surface area (Å²) in [5, 5.41) is 2.85. The molecule has 3 nitrogen and oxygen atoms in total. The molecule has 0 unspecified atom stereocenters. The fourth-order valence-corrected chi connectivity index (χ4v) is 3.09. The number of halogens is 4. The van der Waals surface area contributed by atoms with Crippen molar-refractivity contribution >= 4 is 21.7 Å². The van der Waals surface area contributed by atoms with Crippen LogP contribution in [0, 0.1) is 11.6 Å². The molecule has 0 aromatic carbocycles. The number of nitrogens with zero attached hydrogens (tertiary/aromatic N) is 2. The van der Waals surface area contributed by atoms with E-state index in [1.807, 2.05) is 0 Å². The lowest BCUT2D eigenvalue weighted by molar-refractivity contribution is 0.0964. The zero-order chi connectivity index (χ0) is 15.7. The maximum absolute atomic E-state index is 14.0. The van der Waals surface area contributed by atoms with Gasteiger partial charge in [-0.15, -0.1) is 0 Å². The molecule has 0 amide bonds. The largest absolute Gasteiger partial charge is 0.367 e. The zero-order valence-corrected chi connectivity index (χ0v) is 13.1. The van der Waals surface area contributed by atoms with Gasteiger partial charge in [0.25, 0.3) is 0 Å². The summed E-state index contributed by atoms with van der Waals surface area (Å²) >= 11 is 3.13. The summed E-state index contributed by atoms with van der Waals surface area (Å²) in [5.74, 6) is -0.941. The van der Waals surface area contributed by atoms with Crippen LogP contribution in [0.25, 0.3) is 0 Å². The van der Waals surface area contributed by atoms with Gasteiger partial charge in [0.2, 0.25) is 0 Å². The van der Waals surface area contributed by atoms with E-state index in [-0.39, 0.29) is 30.9 Å². The van der Waals surface area contributed by atoms with E-state index < -0.39 is 23.2 Å². The molecule has 0 aliphatic heterocycles. The molecule has 7 heteroatoms. The third kappa shape index (κ3) is 2.82. The van der Waals surface area contributed by atoms with Gasteiger partial charge in [-0.1, -0.05) is 0 Å². The highest BCUT2D eigenvalue weighted by Gasteiger charge is 2.48. The molecule has 1 aliphatic rings. The number of nitrogens with one attached hydrogen (secondary N) is 1. The molecule has 0 atom stereocenters. The van der Waals surface area contributed by atoms with Crippen LogP contribution >= 0.6 is 15.9 Å². The summed E-state index contributed by atoms with van der Waals surface area (Å²) in [5.41, 5.74) is -0.555. The van der Waals surface area contributed by atoms with Crippen LogP contribution in [0.3, 0.4) is 0 Å². The Morgan fingerprint density at radius 2 is 2.05 bits per heavy atom. The highest BCUT2D eigenvalue weighted by atomic mass is 79.9. The van der Waals surface area contributed by atoms with Gasteiger partial charge < -0.3 is 5.32 Å². The number of alkyl halides is 1. The van der Waals surface area contributed by atoms with Gasteiger partial charge in [-0.3, -0.25) is 4.98 Å². The minimum absolute atomic E-state index is 0.0567. The third-order valence-electron chi connectivity index (χ3n) is 3.89. The Bertz CT molecular complexity index is 689. The summed E-state index contributed by atoms with van der Waals surface area (Å²) in [6, 6.07) is 4.07. The van der Waals surface area contributed by atoms with Crippen molar-refractivity contribution < 1.29 is 13.2 Å². The standard InChI is InChI=1S/C15H13BrF3N3/c16-9-4-12(19)14(21-7-9)22-8-15(5-10(17)6-15)13-11(18)2-1-3-20-13/h1-4,7,10H,5-6,8H2,(H,21,22)/t10-,15+. The van der Waals surface area contributed by atoms with Gasteiger partial charge >= 0.3 is 0 Å². The first-order valence-electron chi connectivity index (χ1n) is 6.80. The number of pyridine rings is 2. The SMILES string of the molecule is Fc1cc(Br)cnc1NC[C@]1(c2ncccc2F)C[C@@H](F)C1. The van der Waals surface area contributed by atoms with Crippen molar-refractivity contribution in [3.05, 3.63) is 52.4 Å². The maximum atomic E-state index is 14.0. The van der Waals surface area contributed by atoms with Crippen LogP contribution < -0.4 is 5.32 Å². The Morgan fingerprint density at radius 3 is 2.68 bits per heavy atom. The number of aromatic nitrogens is 2. The first-order chi connectivity index (χ1) is 10.5. The Balaban J connectivity index is 1.82. The van der Waals surface area contributed by atoms with E-state index in [2.05, 4.69) is 31.2 Å². The number of rotatable bonds is 4. The van der Waals surface area contributed by atoms with Crippen LogP contribution in [0.2, 0.25) is 0 Å². The normalized spacial score (nSPS) is 23.9. The van der Waals surface area contributed by atoms with E-state index >= 15 is 0 Å². The van der Waals surface area contributed by atoms with Crippen LogP contribution in [-0.2, 0) is 5.41 Å². The van der Waals surface area contributed by atoms with Gasteiger partial charge in [-0.05, 0) is 47.0 Å². The molecule has 0 spiro atoms. The van der Waals surface area contributed by atoms with Gasteiger partial charge in [-0.2, -0.15) is 0 Å². The second kappa shape index (κ2) is 5.87. The van der Waals surface area contributed by atoms with Crippen LogP contribution in [0.5, 0.6) is 0 Å². The lowest BCUT2D eigenvalue weighted by atomic mass is 9.65. The van der Waals surface area contributed by atoms with Gasteiger partial charge in [0.05, 0.1) is 5.69 Å². The summed E-state index contributed by atoms with van der Waals surface area (Å²) in [6.45, 7) is 0.174. The van der Waals surface area contributed by atoms with E-state index in [9.17, 15) is 13.2 Å². The minimum atomic E-state index is -0.995. The van der Waals surface area contributed by atoms with E-state index in [0.29, 0.717) is 4.47 Å². The first kappa shape index (κ1) is 15.3. The molecule has 1 aliphatic carbocycles. The quantitative estimate of drug-likeness (QED) is 0.882. The smallest absolute Gasteiger partial charge is 0.166 e. The average molecular weight is 372 g/mol. The molecule has 0 radical (unpaired) electrons. The van der Waals surface area contributed by atoms with Crippen molar-refractivity contribution in [2.75, 3.05) is 11.9 Å². The van der Waals surface area contributed by atoms with Gasteiger partial charge in [-0.25, -0.2) is 18.2 Å². The maximum Gasteiger partial charge on any atom is 0.166 e. The summed E-state index contributed by atoms with van der Waals surface area (Å²) in [7, 11) is 0. The van der Waals surface area contributed by atoms with Crippen LogP contribution in [0.1, 0.15) is 18.5 Å². The van der Waals surface area contributed by atoms with E-state index in [1.54, 1.807) is 0 Å². The first-order valence-corrected chi connectivity index (χ1v) is 7.59. The summed E-state index contributed by atoms with van der Waals surface area (Å²) in [6.07, 6.45) is 2.26. The second-order valence-corrected chi connectivity index (χ2v) is 6.37. The van der Waals surface area contributed by atoms with Crippen molar-refractivity contribution in [1.29, 1.82) is 0 Å². The van der Waals surface area contributed by atoms with Crippen molar-refractivity contribution in [3.63, 3.8) is 0 Å². The second-order valence-electron chi connectivity index (χ2n) is 5.46. The molecule has 0 bridgehead atoms. The molecular weight excluding hydrogens is 359 g/mol. The molecule has 2 aromatic rings. The Kier molecular flexibility index (Phi) is 4.08. The fourth-order valence-electron chi connectivity index (χ4n) is 2.78. The monoisotopic (exact) mass is 371 g/mol. The molecule has 0 saturated heterocycles. The molecule has 116 valence electrons. The topological polar surface area (TPSA) is 37.8 Å². The summed E-state index contributed by atoms with van der Waals surface area (Å²) in [4.78, 5) is 7.99. The Morgan fingerprint density at radius 1 is 1.27 bits per heavy atom. The molecule has 1 fully saturated rings. The number of hydrogen-bond donors (Lipinski definition) is 1. The molecule has 1 saturated carbocycles. The Hall–Kier alpha value is -1.63. The zero-order valence-electron chi connectivity index (χ0n) is 11.5. The highest BCUT2D eigenvalue weighted by Crippen LogP contribution is 2.45. The molecule has 3 rings (SSSR count). The predicted molar refractivity (Wildman–Crippen MR) is 80.4 cm³/mol. The Labute approximate surface area is 134 Å². The van der Waals surface area contributed by atoms with Crippen LogP contribution in [0.4, 0.5) is 19.0 Å². The fraction of sp³-hybridized carbons (Fsp3) is 0.333. The molecule has 2 aromatic heterocycles. The van der Waals surface area contributed by atoms with Gasteiger partial charge in [0.15, 0.2) is 11.6 Å². The van der Waals surface area contributed by atoms with Crippen LogP contribution in [0.15, 0.2) is 35.1 Å². The molecule has 22 heavy (non-hydrogen) atoms. The minimum Gasteiger partial charge on any atom is -0.367 e.